The molecule has 1 aromatic carbocycles. The first kappa shape index (κ1) is 17.2. The van der Waals surface area contributed by atoms with E-state index in [1.165, 1.54) is 0 Å². The molecule has 0 atom stereocenters. The minimum atomic E-state index is -0.543. The van der Waals surface area contributed by atoms with Gasteiger partial charge in [0.15, 0.2) is 0 Å². The summed E-state index contributed by atoms with van der Waals surface area (Å²) in [7, 11) is 0. The number of hydrogen-bond acceptors (Lipinski definition) is 2. The number of hydrogen-bond donors (Lipinski definition) is 1. The Morgan fingerprint density at radius 3 is 2.19 bits per heavy atom. The number of carbonyl (C=O) groups excluding carboxylic acids is 2. The zero-order valence-electron chi connectivity index (χ0n) is 13.9. The topological polar surface area (TPSA) is 49.4 Å². The van der Waals surface area contributed by atoms with Gasteiger partial charge >= 0.3 is 11.8 Å². The van der Waals surface area contributed by atoms with Gasteiger partial charge < -0.3 is 10.2 Å². The maximum absolute atomic E-state index is 12.2. The number of nitrogens with zero attached hydrogens (tertiary/aromatic N) is 1. The zero-order chi connectivity index (χ0) is 16.2. The molecule has 0 fully saturated rings. The van der Waals surface area contributed by atoms with E-state index < -0.39 is 11.8 Å². The molecule has 0 aliphatic rings. The fourth-order valence-electron chi connectivity index (χ4n) is 2.42. The lowest BCUT2D eigenvalue weighted by atomic mass is 10.1. The summed E-state index contributed by atoms with van der Waals surface area (Å²) in [6, 6.07) is 6.09. The van der Waals surface area contributed by atoms with Crippen LogP contribution in [0.15, 0.2) is 18.2 Å². The second-order valence-electron chi connectivity index (χ2n) is 6.01. The number of carbonyl (C=O) groups is 2. The fourth-order valence-corrected chi connectivity index (χ4v) is 2.42. The quantitative estimate of drug-likeness (QED) is 0.866. The summed E-state index contributed by atoms with van der Waals surface area (Å²) in [6.07, 6.45) is 0. The standard InChI is InChI=1S/C17H26N2O2/c1-11(2)19(12(3)4)17(21)16(20)18-10-15-9-13(5)7-8-14(15)6/h7-9,11-12H,10H2,1-6H3,(H,18,20). The maximum Gasteiger partial charge on any atom is 0.312 e. The van der Waals surface area contributed by atoms with E-state index in [4.69, 9.17) is 0 Å². The third kappa shape index (κ3) is 4.59. The molecule has 0 saturated carbocycles. The van der Waals surface area contributed by atoms with E-state index in [0.717, 1.165) is 16.7 Å². The molecule has 4 nitrogen and oxygen atoms in total. The Kier molecular flexibility index (Phi) is 5.94. The lowest BCUT2D eigenvalue weighted by Gasteiger charge is -2.30. The normalized spacial score (nSPS) is 10.9. The molecule has 0 aliphatic heterocycles. The number of amides is 2. The van der Waals surface area contributed by atoms with Crippen molar-refractivity contribution in [2.45, 2.75) is 60.2 Å². The van der Waals surface area contributed by atoms with Crippen LogP contribution in [0.25, 0.3) is 0 Å². The molecule has 2 amide bonds. The average molecular weight is 290 g/mol. The third-order valence-electron chi connectivity index (χ3n) is 3.49. The summed E-state index contributed by atoms with van der Waals surface area (Å²) in [5.41, 5.74) is 3.29. The molecule has 0 aromatic heterocycles. The van der Waals surface area contributed by atoms with Crippen molar-refractivity contribution < 1.29 is 9.59 Å². The Morgan fingerprint density at radius 2 is 1.67 bits per heavy atom. The molecule has 0 aliphatic carbocycles. The van der Waals surface area contributed by atoms with Crippen molar-refractivity contribution in [3.05, 3.63) is 34.9 Å². The van der Waals surface area contributed by atoms with E-state index in [0.29, 0.717) is 6.54 Å². The van der Waals surface area contributed by atoms with Crippen LogP contribution in [0, 0.1) is 13.8 Å². The van der Waals surface area contributed by atoms with Crippen molar-refractivity contribution in [2.75, 3.05) is 0 Å². The molecule has 0 saturated heterocycles. The Balaban J connectivity index is 2.73. The highest BCUT2D eigenvalue weighted by Crippen LogP contribution is 2.11. The van der Waals surface area contributed by atoms with E-state index in [2.05, 4.69) is 5.32 Å². The summed E-state index contributed by atoms with van der Waals surface area (Å²) in [5, 5.41) is 2.73. The summed E-state index contributed by atoms with van der Waals surface area (Å²) in [6.45, 7) is 12.0. The molecule has 0 radical (unpaired) electrons. The molecule has 4 heteroatoms. The first-order valence-corrected chi connectivity index (χ1v) is 7.40. The van der Waals surface area contributed by atoms with Crippen LogP contribution in [0.4, 0.5) is 0 Å². The van der Waals surface area contributed by atoms with Crippen molar-refractivity contribution in [1.82, 2.24) is 10.2 Å². The first-order chi connectivity index (χ1) is 9.73. The van der Waals surface area contributed by atoms with Crippen LogP contribution in [0.3, 0.4) is 0 Å². The molecule has 0 bridgehead atoms. The largest absolute Gasteiger partial charge is 0.344 e. The van der Waals surface area contributed by atoms with Crippen molar-refractivity contribution >= 4 is 11.8 Å². The van der Waals surface area contributed by atoms with Gasteiger partial charge in [0.1, 0.15) is 0 Å². The predicted molar refractivity (Wildman–Crippen MR) is 84.9 cm³/mol. The van der Waals surface area contributed by atoms with Crippen LogP contribution in [0.2, 0.25) is 0 Å². The molecule has 0 unspecified atom stereocenters. The third-order valence-corrected chi connectivity index (χ3v) is 3.49. The second kappa shape index (κ2) is 7.25. The molecular weight excluding hydrogens is 264 g/mol. The molecule has 21 heavy (non-hydrogen) atoms. The van der Waals surface area contributed by atoms with Gasteiger partial charge in [0.05, 0.1) is 0 Å². The lowest BCUT2D eigenvalue weighted by molar-refractivity contribution is -0.148. The van der Waals surface area contributed by atoms with E-state index in [1.54, 1.807) is 4.90 Å². The van der Waals surface area contributed by atoms with E-state index in [9.17, 15) is 9.59 Å². The van der Waals surface area contributed by atoms with Gasteiger partial charge in [-0.25, -0.2) is 0 Å². The highest BCUT2D eigenvalue weighted by molar-refractivity contribution is 6.35. The van der Waals surface area contributed by atoms with Crippen molar-refractivity contribution in [3.63, 3.8) is 0 Å². The van der Waals surface area contributed by atoms with Gasteiger partial charge in [-0.1, -0.05) is 23.8 Å². The summed E-state index contributed by atoms with van der Waals surface area (Å²) < 4.78 is 0. The van der Waals surface area contributed by atoms with Gasteiger partial charge in [0.25, 0.3) is 0 Å². The first-order valence-electron chi connectivity index (χ1n) is 7.40. The van der Waals surface area contributed by atoms with Crippen molar-refractivity contribution in [1.29, 1.82) is 0 Å². The Hall–Kier alpha value is -1.84. The van der Waals surface area contributed by atoms with Gasteiger partial charge in [0.2, 0.25) is 0 Å². The number of rotatable bonds is 4. The van der Waals surface area contributed by atoms with Crippen LogP contribution in [-0.2, 0) is 16.1 Å². The van der Waals surface area contributed by atoms with Gasteiger partial charge in [-0.2, -0.15) is 0 Å². The predicted octanol–water partition coefficient (Wildman–Crippen LogP) is 2.57. The fraction of sp³-hybridized carbons (Fsp3) is 0.529. The van der Waals surface area contributed by atoms with E-state index in [1.807, 2.05) is 59.7 Å². The maximum atomic E-state index is 12.2. The monoisotopic (exact) mass is 290 g/mol. The van der Waals surface area contributed by atoms with Crippen molar-refractivity contribution in [3.8, 4) is 0 Å². The van der Waals surface area contributed by atoms with Crippen LogP contribution in [0.1, 0.15) is 44.4 Å². The highest BCUT2D eigenvalue weighted by Gasteiger charge is 2.26. The SMILES string of the molecule is Cc1ccc(C)c(CNC(=O)C(=O)N(C(C)C)C(C)C)c1. The van der Waals surface area contributed by atoms with Gasteiger partial charge in [-0.05, 0) is 52.7 Å². The van der Waals surface area contributed by atoms with E-state index in [-0.39, 0.29) is 12.1 Å². The molecule has 1 N–H and O–H groups in total. The Labute approximate surface area is 127 Å². The number of benzene rings is 1. The smallest absolute Gasteiger partial charge is 0.312 e. The van der Waals surface area contributed by atoms with Crippen LogP contribution >= 0.6 is 0 Å². The zero-order valence-corrected chi connectivity index (χ0v) is 13.9. The minimum Gasteiger partial charge on any atom is -0.344 e. The van der Waals surface area contributed by atoms with Crippen LogP contribution < -0.4 is 5.32 Å². The Morgan fingerprint density at radius 1 is 1.10 bits per heavy atom. The molecule has 1 aromatic rings. The van der Waals surface area contributed by atoms with Crippen LogP contribution in [0.5, 0.6) is 0 Å². The summed E-state index contributed by atoms with van der Waals surface area (Å²) in [4.78, 5) is 25.9. The molecule has 1 rings (SSSR count). The number of aryl methyl sites for hydroxylation is 2. The van der Waals surface area contributed by atoms with E-state index >= 15 is 0 Å². The summed E-state index contributed by atoms with van der Waals surface area (Å²) >= 11 is 0. The van der Waals surface area contributed by atoms with Crippen molar-refractivity contribution in [2.24, 2.45) is 0 Å². The average Bonchev–Trinajstić information content (AvgIpc) is 2.38. The minimum absolute atomic E-state index is 0.00366. The molecule has 116 valence electrons. The van der Waals surface area contributed by atoms with Gasteiger partial charge in [-0.15, -0.1) is 0 Å². The molecule has 0 spiro atoms. The van der Waals surface area contributed by atoms with Gasteiger partial charge in [0, 0.05) is 18.6 Å². The molecular formula is C17H26N2O2. The summed E-state index contributed by atoms with van der Waals surface area (Å²) in [5.74, 6) is -1.01. The van der Waals surface area contributed by atoms with Gasteiger partial charge in [-0.3, -0.25) is 9.59 Å². The van der Waals surface area contributed by atoms with Crippen LogP contribution in [-0.4, -0.2) is 28.8 Å². The number of nitrogens with one attached hydrogen (secondary N) is 1. The Bertz CT molecular complexity index is 514. The highest BCUT2D eigenvalue weighted by atomic mass is 16.2. The second-order valence-corrected chi connectivity index (χ2v) is 6.01. The molecule has 0 heterocycles. The lowest BCUT2D eigenvalue weighted by Crippen LogP contribution is -2.49.